The van der Waals surface area contributed by atoms with E-state index in [9.17, 15) is 8.42 Å². The molecule has 1 aromatic rings. The molecule has 0 heterocycles. The van der Waals surface area contributed by atoms with Crippen LogP contribution in [0.5, 0.6) is 0 Å². The van der Waals surface area contributed by atoms with Crippen molar-refractivity contribution in [3.05, 3.63) is 29.3 Å². The van der Waals surface area contributed by atoms with Gasteiger partial charge in [0.1, 0.15) is 0 Å². The quantitative estimate of drug-likeness (QED) is 0.887. The van der Waals surface area contributed by atoms with Gasteiger partial charge in [0, 0.05) is 6.04 Å². The van der Waals surface area contributed by atoms with Crippen LogP contribution in [0.25, 0.3) is 0 Å². The molecule has 18 heavy (non-hydrogen) atoms. The summed E-state index contributed by atoms with van der Waals surface area (Å²) in [5.41, 5.74) is 8.36. The number of rotatable bonds is 2. The van der Waals surface area contributed by atoms with Crippen LogP contribution < -0.4 is 5.73 Å². The Bertz CT molecular complexity index is 565. The molecule has 2 N–H and O–H groups in total. The summed E-state index contributed by atoms with van der Waals surface area (Å²) in [6, 6.07) is 5.72. The molecule has 0 spiro atoms. The standard InChI is InChI=1S/C14H19NO2S/c15-12-5-7-14(9-12)18(16,17)13-6-4-10-2-1-3-11(10)8-13/h4,6,8,12,14H,1-3,5,7,9,15H2. The summed E-state index contributed by atoms with van der Waals surface area (Å²) in [5.74, 6) is 0. The molecule has 0 amide bonds. The van der Waals surface area contributed by atoms with Crippen LogP contribution in [0.1, 0.15) is 36.8 Å². The normalized spacial score (nSPS) is 27.4. The second-order valence-electron chi connectivity index (χ2n) is 5.52. The fourth-order valence-electron chi connectivity index (χ4n) is 3.17. The first-order chi connectivity index (χ1) is 8.57. The van der Waals surface area contributed by atoms with Crippen LogP contribution in [0.2, 0.25) is 0 Å². The minimum absolute atomic E-state index is 0.0548. The van der Waals surface area contributed by atoms with Crippen molar-refractivity contribution in [2.45, 2.75) is 54.7 Å². The van der Waals surface area contributed by atoms with Gasteiger partial charge < -0.3 is 5.73 Å². The van der Waals surface area contributed by atoms with Crippen molar-refractivity contribution in [1.29, 1.82) is 0 Å². The van der Waals surface area contributed by atoms with Crippen molar-refractivity contribution < 1.29 is 8.42 Å². The second kappa shape index (κ2) is 4.35. The highest BCUT2D eigenvalue weighted by atomic mass is 32.2. The summed E-state index contributed by atoms with van der Waals surface area (Å²) < 4.78 is 25.0. The van der Waals surface area contributed by atoms with Crippen molar-refractivity contribution in [1.82, 2.24) is 0 Å². The molecule has 3 rings (SSSR count). The molecule has 1 saturated carbocycles. The third-order valence-electron chi connectivity index (χ3n) is 4.26. The molecule has 0 saturated heterocycles. The molecule has 2 aliphatic carbocycles. The summed E-state index contributed by atoms with van der Waals surface area (Å²) in [6.45, 7) is 0. The Morgan fingerprint density at radius 2 is 1.89 bits per heavy atom. The highest BCUT2D eigenvalue weighted by Gasteiger charge is 2.34. The zero-order valence-electron chi connectivity index (χ0n) is 10.4. The summed E-state index contributed by atoms with van der Waals surface area (Å²) >= 11 is 0. The maximum absolute atomic E-state index is 12.5. The van der Waals surface area contributed by atoms with E-state index in [1.165, 1.54) is 11.1 Å². The number of hydrogen-bond donors (Lipinski definition) is 1. The molecule has 1 aromatic carbocycles. The molecule has 4 heteroatoms. The fraction of sp³-hybridized carbons (Fsp3) is 0.571. The van der Waals surface area contributed by atoms with E-state index in [0.717, 1.165) is 25.7 Å². The van der Waals surface area contributed by atoms with E-state index in [1.807, 2.05) is 12.1 Å². The van der Waals surface area contributed by atoms with E-state index in [1.54, 1.807) is 6.07 Å². The molecular formula is C14H19NO2S. The Hall–Kier alpha value is -0.870. The van der Waals surface area contributed by atoms with E-state index in [2.05, 4.69) is 0 Å². The van der Waals surface area contributed by atoms with E-state index >= 15 is 0 Å². The van der Waals surface area contributed by atoms with Crippen molar-refractivity contribution in [3.8, 4) is 0 Å². The molecule has 3 nitrogen and oxygen atoms in total. The van der Waals surface area contributed by atoms with Crippen molar-refractivity contribution in [2.75, 3.05) is 0 Å². The van der Waals surface area contributed by atoms with Crippen LogP contribution in [0.3, 0.4) is 0 Å². The molecule has 0 radical (unpaired) electrons. The van der Waals surface area contributed by atoms with Crippen molar-refractivity contribution in [2.24, 2.45) is 5.73 Å². The average molecular weight is 265 g/mol. The van der Waals surface area contributed by atoms with Gasteiger partial charge in [-0.25, -0.2) is 8.42 Å². The number of hydrogen-bond acceptors (Lipinski definition) is 3. The maximum atomic E-state index is 12.5. The third kappa shape index (κ3) is 1.97. The molecule has 2 unspecified atom stereocenters. The van der Waals surface area contributed by atoms with Gasteiger partial charge in [0.05, 0.1) is 10.1 Å². The van der Waals surface area contributed by atoms with Gasteiger partial charge in [0.25, 0.3) is 0 Å². The Kier molecular flexibility index (Phi) is 2.94. The molecule has 1 fully saturated rings. The molecule has 0 aliphatic heterocycles. The van der Waals surface area contributed by atoms with Gasteiger partial charge in [-0.05, 0) is 61.8 Å². The lowest BCUT2D eigenvalue weighted by Gasteiger charge is -2.12. The molecule has 0 aromatic heterocycles. The van der Waals surface area contributed by atoms with E-state index in [-0.39, 0.29) is 11.3 Å². The Morgan fingerprint density at radius 3 is 2.61 bits per heavy atom. The number of sulfone groups is 1. The first kappa shape index (κ1) is 12.2. The fourth-order valence-corrected chi connectivity index (χ4v) is 5.07. The first-order valence-corrected chi connectivity index (χ1v) is 8.23. The lowest BCUT2D eigenvalue weighted by molar-refractivity contribution is 0.578. The summed E-state index contributed by atoms with van der Waals surface area (Å²) in [4.78, 5) is 0.502. The molecule has 2 atom stereocenters. The van der Waals surface area contributed by atoms with Gasteiger partial charge in [0.15, 0.2) is 9.84 Å². The maximum Gasteiger partial charge on any atom is 0.181 e. The third-order valence-corrected chi connectivity index (χ3v) is 6.48. The van der Waals surface area contributed by atoms with Crippen LogP contribution >= 0.6 is 0 Å². The molecule has 98 valence electrons. The van der Waals surface area contributed by atoms with Crippen molar-refractivity contribution in [3.63, 3.8) is 0 Å². The number of fused-ring (bicyclic) bond motifs is 1. The van der Waals surface area contributed by atoms with Crippen LogP contribution in [-0.2, 0) is 22.7 Å². The van der Waals surface area contributed by atoms with E-state index < -0.39 is 9.84 Å². The molecular weight excluding hydrogens is 246 g/mol. The van der Waals surface area contributed by atoms with Crippen molar-refractivity contribution >= 4 is 9.84 Å². The Labute approximate surface area is 108 Å². The monoisotopic (exact) mass is 265 g/mol. The zero-order valence-corrected chi connectivity index (χ0v) is 11.2. The predicted octanol–water partition coefficient (Wildman–Crippen LogP) is 1.83. The lowest BCUT2D eigenvalue weighted by atomic mass is 10.1. The van der Waals surface area contributed by atoms with Gasteiger partial charge in [-0.1, -0.05) is 6.07 Å². The summed E-state index contributed by atoms with van der Waals surface area (Å²) in [7, 11) is -3.17. The minimum atomic E-state index is -3.17. The SMILES string of the molecule is NC1CCC(S(=O)(=O)c2ccc3c(c2)CCC3)C1. The highest BCUT2D eigenvalue weighted by Crippen LogP contribution is 2.31. The largest absolute Gasteiger partial charge is 0.328 e. The number of nitrogens with two attached hydrogens (primary N) is 1. The van der Waals surface area contributed by atoms with Gasteiger partial charge in [-0.3, -0.25) is 0 Å². The summed E-state index contributed by atoms with van der Waals surface area (Å²) in [5, 5.41) is -0.271. The second-order valence-corrected chi connectivity index (χ2v) is 7.75. The van der Waals surface area contributed by atoms with E-state index in [0.29, 0.717) is 17.7 Å². The number of benzene rings is 1. The topological polar surface area (TPSA) is 60.2 Å². The van der Waals surface area contributed by atoms with E-state index in [4.69, 9.17) is 5.73 Å². The van der Waals surface area contributed by atoms with Gasteiger partial charge in [0.2, 0.25) is 0 Å². The predicted molar refractivity (Wildman–Crippen MR) is 71.3 cm³/mol. The minimum Gasteiger partial charge on any atom is -0.328 e. The Morgan fingerprint density at radius 1 is 1.11 bits per heavy atom. The smallest absolute Gasteiger partial charge is 0.181 e. The number of aryl methyl sites for hydroxylation is 2. The molecule has 0 bridgehead atoms. The van der Waals surface area contributed by atoms with Crippen LogP contribution in [0.4, 0.5) is 0 Å². The summed E-state index contributed by atoms with van der Waals surface area (Å²) in [6.07, 6.45) is 5.40. The highest BCUT2D eigenvalue weighted by molar-refractivity contribution is 7.92. The first-order valence-electron chi connectivity index (χ1n) is 6.68. The molecule has 2 aliphatic rings. The Balaban J connectivity index is 1.94. The van der Waals surface area contributed by atoms with Gasteiger partial charge in [-0.2, -0.15) is 0 Å². The van der Waals surface area contributed by atoms with Crippen LogP contribution in [-0.4, -0.2) is 19.7 Å². The van der Waals surface area contributed by atoms with Gasteiger partial charge >= 0.3 is 0 Å². The lowest BCUT2D eigenvalue weighted by Crippen LogP contribution is -2.22. The van der Waals surface area contributed by atoms with Crippen LogP contribution in [0.15, 0.2) is 23.1 Å². The van der Waals surface area contributed by atoms with Gasteiger partial charge in [-0.15, -0.1) is 0 Å². The zero-order chi connectivity index (χ0) is 12.8. The average Bonchev–Trinajstić information content (AvgIpc) is 2.96. The van der Waals surface area contributed by atoms with Crippen LogP contribution in [0, 0.1) is 0 Å².